The Morgan fingerprint density at radius 1 is 1.36 bits per heavy atom. The average molecular weight is 158 g/mol. The number of hydrogen-bond acceptors (Lipinski definition) is 2. The summed E-state index contributed by atoms with van der Waals surface area (Å²) in [6.07, 6.45) is 4.45. The first-order valence-corrected chi connectivity index (χ1v) is 4.60. The predicted octanol–water partition coefficient (Wildman–Crippen LogP) is 1.57. The van der Waals surface area contributed by atoms with Gasteiger partial charge in [-0.3, -0.25) is 0 Å². The molecule has 1 aliphatic rings. The second-order valence-corrected chi connectivity index (χ2v) is 3.27. The first-order chi connectivity index (χ1) is 5.34. The average Bonchev–Trinajstić information content (AvgIpc) is 2.03. The maximum absolute atomic E-state index is 9.52. The SMILES string of the molecule is CCOC[C@@H]1CCCC[C@H]1O. The van der Waals surface area contributed by atoms with Crippen molar-refractivity contribution in [2.45, 2.75) is 38.7 Å². The second-order valence-electron chi connectivity index (χ2n) is 3.27. The lowest BCUT2D eigenvalue weighted by atomic mass is 9.87. The summed E-state index contributed by atoms with van der Waals surface area (Å²) in [6, 6.07) is 0. The fraction of sp³-hybridized carbons (Fsp3) is 1.00. The molecule has 0 spiro atoms. The number of hydrogen-bond donors (Lipinski definition) is 1. The molecule has 1 N–H and O–H groups in total. The van der Waals surface area contributed by atoms with Crippen molar-refractivity contribution in [2.75, 3.05) is 13.2 Å². The van der Waals surface area contributed by atoms with Crippen LogP contribution in [0.15, 0.2) is 0 Å². The number of aliphatic hydroxyl groups excluding tert-OH is 1. The largest absolute Gasteiger partial charge is 0.393 e. The minimum absolute atomic E-state index is 0.102. The molecule has 0 heterocycles. The molecule has 0 aliphatic heterocycles. The predicted molar refractivity (Wildman–Crippen MR) is 44.5 cm³/mol. The summed E-state index contributed by atoms with van der Waals surface area (Å²) in [5, 5.41) is 9.52. The first kappa shape index (κ1) is 9.01. The molecule has 1 saturated carbocycles. The lowest BCUT2D eigenvalue weighted by Gasteiger charge is -2.26. The van der Waals surface area contributed by atoms with Crippen molar-refractivity contribution < 1.29 is 9.84 Å². The van der Waals surface area contributed by atoms with Crippen LogP contribution in [0.4, 0.5) is 0 Å². The van der Waals surface area contributed by atoms with Crippen LogP contribution in [0.2, 0.25) is 0 Å². The third kappa shape index (κ3) is 2.80. The molecule has 0 aromatic heterocycles. The Kier molecular flexibility index (Phi) is 3.87. The van der Waals surface area contributed by atoms with E-state index in [2.05, 4.69) is 0 Å². The van der Waals surface area contributed by atoms with E-state index in [1.165, 1.54) is 12.8 Å². The number of rotatable bonds is 3. The Hall–Kier alpha value is -0.0800. The molecular weight excluding hydrogens is 140 g/mol. The number of aliphatic hydroxyl groups is 1. The van der Waals surface area contributed by atoms with Gasteiger partial charge in [0, 0.05) is 12.5 Å². The lowest BCUT2D eigenvalue weighted by Crippen LogP contribution is -2.28. The van der Waals surface area contributed by atoms with Gasteiger partial charge in [-0.1, -0.05) is 12.8 Å². The van der Waals surface area contributed by atoms with E-state index in [0.717, 1.165) is 26.1 Å². The van der Waals surface area contributed by atoms with Gasteiger partial charge in [-0.2, -0.15) is 0 Å². The standard InChI is InChI=1S/C9H18O2/c1-2-11-7-8-5-3-4-6-9(8)10/h8-10H,2-7H2,1H3/t8-,9+/m0/s1. The molecule has 0 aromatic carbocycles. The summed E-state index contributed by atoms with van der Waals surface area (Å²) >= 11 is 0. The summed E-state index contributed by atoms with van der Waals surface area (Å²) in [5.41, 5.74) is 0. The van der Waals surface area contributed by atoms with E-state index >= 15 is 0 Å². The fourth-order valence-electron chi connectivity index (χ4n) is 1.65. The minimum Gasteiger partial charge on any atom is -0.393 e. The molecule has 0 radical (unpaired) electrons. The molecule has 0 aromatic rings. The van der Waals surface area contributed by atoms with E-state index in [1.54, 1.807) is 0 Å². The molecule has 1 rings (SSSR count). The fourth-order valence-corrected chi connectivity index (χ4v) is 1.65. The van der Waals surface area contributed by atoms with Crippen LogP contribution in [0.3, 0.4) is 0 Å². The normalized spacial score (nSPS) is 32.2. The zero-order valence-corrected chi connectivity index (χ0v) is 7.25. The molecule has 0 unspecified atom stereocenters. The van der Waals surface area contributed by atoms with Crippen LogP contribution in [0.5, 0.6) is 0 Å². The van der Waals surface area contributed by atoms with Gasteiger partial charge in [0.15, 0.2) is 0 Å². The molecule has 1 fully saturated rings. The molecule has 0 amide bonds. The molecule has 0 bridgehead atoms. The first-order valence-electron chi connectivity index (χ1n) is 4.60. The quantitative estimate of drug-likeness (QED) is 0.675. The highest BCUT2D eigenvalue weighted by atomic mass is 16.5. The molecule has 1 aliphatic carbocycles. The van der Waals surface area contributed by atoms with E-state index in [1.807, 2.05) is 6.92 Å². The van der Waals surface area contributed by atoms with Crippen LogP contribution in [-0.4, -0.2) is 24.4 Å². The highest BCUT2D eigenvalue weighted by Crippen LogP contribution is 2.24. The molecule has 11 heavy (non-hydrogen) atoms. The van der Waals surface area contributed by atoms with Gasteiger partial charge in [0.25, 0.3) is 0 Å². The van der Waals surface area contributed by atoms with Crippen LogP contribution < -0.4 is 0 Å². The lowest BCUT2D eigenvalue weighted by molar-refractivity contribution is 0.00861. The van der Waals surface area contributed by atoms with E-state index in [0.29, 0.717) is 5.92 Å². The van der Waals surface area contributed by atoms with Crippen molar-refractivity contribution in [3.8, 4) is 0 Å². The van der Waals surface area contributed by atoms with Crippen molar-refractivity contribution >= 4 is 0 Å². The van der Waals surface area contributed by atoms with Gasteiger partial charge in [-0.05, 0) is 19.8 Å². The minimum atomic E-state index is -0.102. The molecule has 66 valence electrons. The van der Waals surface area contributed by atoms with E-state index in [9.17, 15) is 5.11 Å². The molecular formula is C9H18O2. The van der Waals surface area contributed by atoms with Crippen LogP contribution in [0.25, 0.3) is 0 Å². The Morgan fingerprint density at radius 3 is 2.73 bits per heavy atom. The van der Waals surface area contributed by atoms with Crippen LogP contribution >= 0.6 is 0 Å². The van der Waals surface area contributed by atoms with Crippen molar-refractivity contribution in [1.82, 2.24) is 0 Å². The molecule has 0 saturated heterocycles. The van der Waals surface area contributed by atoms with Gasteiger partial charge >= 0.3 is 0 Å². The van der Waals surface area contributed by atoms with Crippen LogP contribution in [0, 0.1) is 5.92 Å². The Bertz CT molecular complexity index is 104. The van der Waals surface area contributed by atoms with Gasteiger partial charge in [0.2, 0.25) is 0 Å². The van der Waals surface area contributed by atoms with Crippen molar-refractivity contribution in [3.63, 3.8) is 0 Å². The smallest absolute Gasteiger partial charge is 0.0590 e. The summed E-state index contributed by atoms with van der Waals surface area (Å²) in [4.78, 5) is 0. The van der Waals surface area contributed by atoms with Crippen molar-refractivity contribution in [3.05, 3.63) is 0 Å². The Labute approximate surface area is 68.6 Å². The van der Waals surface area contributed by atoms with E-state index in [-0.39, 0.29) is 6.10 Å². The van der Waals surface area contributed by atoms with Crippen molar-refractivity contribution in [2.24, 2.45) is 5.92 Å². The van der Waals surface area contributed by atoms with Crippen molar-refractivity contribution in [1.29, 1.82) is 0 Å². The van der Waals surface area contributed by atoms with Gasteiger partial charge in [0.05, 0.1) is 12.7 Å². The third-order valence-corrected chi connectivity index (χ3v) is 2.41. The Balaban J connectivity index is 2.18. The molecule has 2 nitrogen and oxygen atoms in total. The zero-order valence-electron chi connectivity index (χ0n) is 7.25. The second kappa shape index (κ2) is 4.73. The summed E-state index contributed by atoms with van der Waals surface area (Å²) in [5.74, 6) is 0.406. The third-order valence-electron chi connectivity index (χ3n) is 2.41. The summed E-state index contributed by atoms with van der Waals surface area (Å²) in [6.45, 7) is 3.51. The zero-order chi connectivity index (χ0) is 8.10. The van der Waals surface area contributed by atoms with Gasteiger partial charge < -0.3 is 9.84 Å². The highest BCUT2D eigenvalue weighted by Gasteiger charge is 2.22. The van der Waals surface area contributed by atoms with Crippen LogP contribution in [-0.2, 0) is 4.74 Å². The Morgan fingerprint density at radius 2 is 2.09 bits per heavy atom. The topological polar surface area (TPSA) is 29.5 Å². The van der Waals surface area contributed by atoms with Crippen LogP contribution in [0.1, 0.15) is 32.6 Å². The van der Waals surface area contributed by atoms with E-state index < -0.39 is 0 Å². The van der Waals surface area contributed by atoms with Gasteiger partial charge in [-0.15, -0.1) is 0 Å². The highest BCUT2D eigenvalue weighted by molar-refractivity contribution is 4.73. The maximum Gasteiger partial charge on any atom is 0.0590 e. The van der Waals surface area contributed by atoms with Gasteiger partial charge in [0.1, 0.15) is 0 Å². The molecule has 2 heteroatoms. The summed E-state index contributed by atoms with van der Waals surface area (Å²) in [7, 11) is 0. The van der Waals surface area contributed by atoms with E-state index in [4.69, 9.17) is 4.74 Å². The molecule has 2 atom stereocenters. The van der Waals surface area contributed by atoms with Gasteiger partial charge in [-0.25, -0.2) is 0 Å². The summed E-state index contributed by atoms with van der Waals surface area (Å²) < 4.78 is 5.28. The maximum atomic E-state index is 9.52. The number of ether oxygens (including phenoxy) is 1. The monoisotopic (exact) mass is 158 g/mol.